The minimum atomic E-state index is -3.10. The van der Waals surface area contributed by atoms with Crippen molar-refractivity contribution >= 4 is 75.3 Å². The Labute approximate surface area is 96.4 Å². The molecule has 0 aliphatic carbocycles. The molecule has 0 spiro atoms. The van der Waals surface area contributed by atoms with E-state index in [4.69, 9.17) is 68.6 Å². The van der Waals surface area contributed by atoms with Crippen LogP contribution in [0.3, 0.4) is 0 Å². The van der Waals surface area contributed by atoms with Gasteiger partial charge in [0, 0.05) is 0 Å². The predicted octanol–water partition coefficient (Wildman–Crippen LogP) is 4.37. The summed E-state index contributed by atoms with van der Waals surface area (Å²) in [5.74, 6) is 0. The molecule has 0 N–H and O–H groups in total. The van der Waals surface area contributed by atoms with Crippen LogP contribution in [0.2, 0.25) is 0 Å². The van der Waals surface area contributed by atoms with Gasteiger partial charge in [-0.3, -0.25) is 0 Å². The molecule has 68 valence electrons. The van der Waals surface area contributed by atoms with E-state index in [9.17, 15) is 0 Å². The van der Waals surface area contributed by atoms with Gasteiger partial charge in [0.2, 0.25) is 0 Å². The molecule has 0 unspecified atom stereocenters. The topological polar surface area (TPSA) is 0 Å². The monoisotopic (exact) mass is 292 g/mol. The molecule has 11 heavy (non-hydrogen) atoms. The summed E-state index contributed by atoms with van der Waals surface area (Å²) in [6.45, 7) is -0.145. The Bertz CT molecular complexity index is 126. The van der Waals surface area contributed by atoms with Crippen LogP contribution in [0.4, 0.5) is 0 Å². The van der Waals surface area contributed by atoms with E-state index in [0.29, 0.717) is 0 Å². The first-order chi connectivity index (χ1) is 4.50. The average molecular weight is 295 g/mol. The van der Waals surface area contributed by atoms with Crippen LogP contribution in [0, 0.1) is 0 Å². The second-order valence-corrected chi connectivity index (χ2v) is 14.2. The van der Waals surface area contributed by atoms with E-state index in [1.165, 1.54) is 13.8 Å². The summed E-state index contributed by atoms with van der Waals surface area (Å²) in [7, 11) is 0. The first-order valence-electron chi connectivity index (χ1n) is 2.63. The lowest BCUT2D eigenvalue weighted by Crippen LogP contribution is -2.52. The molecule has 0 aliphatic rings. The molecule has 0 heterocycles. The van der Waals surface area contributed by atoms with Crippen molar-refractivity contribution in [1.82, 2.24) is 0 Å². The van der Waals surface area contributed by atoms with Crippen LogP contribution in [0.25, 0.3) is 0 Å². The second kappa shape index (κ2) is 3.60. The van der Waals surface area contributed by atoms with Gasteiger partial charge in [0.15, 0.2) is 0 Å². The largest absolute Gasteiger partial charge is 0.320 e. The van der Waals surface area contributed by atoms with Crippen molar-refractivity contribution in [3.05, 3.63) is 0 Å². The van der Waals surface area contributed by atoms with E-state index in [2.05, 4.69) is 0 Å². The van der Waals surface area contributed by atoms with Crippen LogP contribution in [0.5, 0.6) is 0 Å². The van der Waals surface area contributed by atoms with Crippen LogP contribution in [0.15, 0.2) is 0 Å². The molecule has 0 aliphatic heterocycles. The minimum Gasteiger partial charge on any atom is -0.139 e. The normalized spacial score (nSPS) is 15.3. The number of halogens is 6. The van der Waals surface area contributed by atoms with Crippen LogP contribution < -0.4 is 0 Å². The third kappa shape index (κ3) is 2.98. The number of hydrogen-bond acceptors (Lipinski definition) is 0. The van der Waals surface area contributed by atoms with Gasteiger partial charge in [-0.15, -0.1) is 68.6 Å². The molecule has 0 atom stereocenters. The molecule has 0 aromatic heterocycles. The summed E-state index contributed by atoms with van der Waals surface area (Å²) >= 11 is 34.5. The zero-order chi connectivity index (χ0) is 9.50. The van der Waals surface area contributed by atoms with E-state index in [1.54, 1.807) is 0 Å². The number of alkyl halides is 4. The molecule has 0 bridgehead atoms. The molecule has 0 aromatic carbocycles. The second-order valence-electron chi connectivity index (χ2n) is 2.35. The van der Waals surface area contributed by atoms with Crippen LogP contribution in [-0.4, -0.2) is 14.6 Å². The fourth-order valence-electron chi connectivity index (χ4n) is 0.385. The van der Waals surface area contributed by atoms with Crippen LogP contribution >= 0.6 is 68.6 Å². The van der Waals surface area contributed by atoms with Crippen molar-refractivity contribution in [1.29, 1.82) is 0 Å². The van der Waals surface area contributed by atoms with E-state index in [1.807, 2.05) is 0 Å². The SMILES string of the molecule is CC(Cl)(Cl)[Si](Cl)(Cl)C(C)(Cl)Cl. The van der Waals surface area contributed by atoms with Gasteiger partial charge in [-0.2, -0.15) is 0 Å². The molecule has 0 rings (SSSR count). The predicted molar refractivity (Wildman–Crippen MR) is 57.7 cm³/mol. The highest BCUT2D eigenvalue weighted by Gasteiger charge is 2.58. The summed E-state index contributed by atoms with van der Waals surface area (Å²) in [5.41, 5.74) is 0. The summed E-state index contributed by atoms with van der Waals surface area (Å²) in [4.78, 5) is 0. The standard InChI is InChI=1S/C4H6Cl6Si/c1-3(5,6)11(9,10)4(2,7)8/h1-2H3. The lowest BCUT2D eigenvalue weighted by Gasteiger charge is -2.33. The zero-order valence-electron chi connectivity index (χ0n) is 5.77. The molecular weight excluding hydrogens is 289 g/mol. The van der Waals surface area contributed by atoms with Crippen molar-refractivity contribution in [3.8, 4) is 0 Å². The summed E-state index contributed by atoms with van der Waals surface area (Å²) < 4.78 is -2.54. The summed E-state index contributed by atoms with van der Waals surface area (Å²) in [6, 6.07) is 0. The molecule has 0 saturated heterocycles. The van der Waals surface area contributed by atoms with Crippen LogP contribution in [-0.2, 0) is 0 Å². The van der Waals surface area contributed by atoms with Crippen LogP contribution in [0.1, 0.15) is 13.8 Å². The van der Waals surface area contributed by atoms with Gasteiger partial charge in [0.1, 0.15) is 7.91 Å². The Kier molecular flexibility index (Phi) is 4.25. The molecule has 0 radical (unpaired) electrons. The molecule has 7 heteroatoms. The van der Waals surface area contributed by atoms with E-state index in [0.717, 1.165) is 0 Å². The summed E-state index contributed by atoms with van der Waals surface area (Å²) in [5, 5.41) is 0. The van der Waals surface area contributed by atoms with Gasteiger partial charge >= 0.3 is 6.69 Å². The van der Waals surface area contributed by atoms with Gasteiger partial charge in [0.25, 0.3) is 0 Å². The number of hydrogen-bond donors (Lipinski definition) is 0. The van der Waals surface area contributed by atoms with Gasteiger partial charge in [0.05, 0.1) is 0 Å². The highest BCUT2D eigenvalue weighted by molar-refractivity contribution is 7.54. The molecule has 0 aromatic rings. The van der Waals surface area contributed by atoms with E-state index >= 15 is 0 Å². The maximum absolute atomic E-state index is 5.86. The lowest BCUT2D eigenvalue weighted by atomic mass is 10.9. The molecule has 0 saturated carbocycles. The molecule has 0 nitrogen and oxygen atoms in total. The van der Waals surface area contributed by atoms with Gasteiger partial charge < -0.3 is 0 Å². The maximum Gasteiger partial charge on any atom is 0.320 e. The van der Waals surface area contributed by atoms with E-state index in [-0.39, 0.29) is 0 Å². The smallest absolute Gasteiger partial charge is 0.139 e. The lowest BCUT2D eigenvalue weighted by molar-refractivity contribution is 1.12. The first-order valence-corrected chi connectivity index (χ1v) is 8.17. The minimum absolute atomic E-state index is 1.27. The van der Waals surface area contributed by atoms with Gasteiger partial charge in [-0.1, -0.05) is 0 Å². The Hall–Kier alpha value is 1.96. The van der Waals surface area contributed by atoms with Crippen molar-refractivity contribution in [2.75, 3.05) is 0 Å². The Morgan fingerprint density at radius 3 is 1.00 bits per heavy atom. The maximum atomic E-state index is 5.86. The average Bonchev–Trinajstić information content (AvgIpc) is 1.58. The van der Waals surface area contributed by atoms with Gasteiger partial charge in [-0.25, -0.2) is 0 Å². The Morgan fingerprint density at radius 1 is 0.818 bits per heavy atom. The number of rotatable bonds is 2. The molecule has 0 fully saturated rings. The van der Waals surface area contributed by atoms with Crippen molar-refractivity contribution in [3.63, 3.8) is 0 Å². The third-order valence-electron chi connectivity index (χ3n) is 1.10. The first kappa shape index (κ1) is 13.0. The van der Waals surface area contributed by atoms with Crippen molar-refractivity contribution in [2.24, 2.45) is 0 Å². The highest BCUT2D eigenvalue weighted by Crippen LogP contribution is 2.49. The Balaban J connectivity index is 4.75. The fourth-order valence-corrected chi connectivity index (χ4v) is 4.00. The van der Waals surface area contributed by atoms with Crippen molar-refractivity contribution < 1.29 is 0 Å². The van der Waals surface area contributed by atoms with E-state index < -0.39 is 14.6 Å². The zero-order valence-corrected chi connectivity index (χ0v) is 11.3. The third-order valence-corrected chi connectivity index (χ3v) is 13.6. The quantitative estimate of drug-likeness (QED) is 0.403. The summed E-state index contributed by atoms with van der Waals surface area (Å²) in [6.07, 6.45) is 0. The Morgan fingerprint density at radius 2 is 1.00 bits per heavy atom. The molecule has 0 amide bonds. The molecular formula is C4H6Cl6Si. The highest BCUT2D eigenvalue weighted by atomic mass is 35.7. The van der Waals surface area contributed by atoms with Crippen molar-refractivity contribution in [2.45, 2.75) is 21.8 Å². The fraction of sp³-hybridized carbons (Fsp3) is 1.00. The van der Waals surface area contributed by atoms with Gasteiger partial charge in [-0.05, 0) is 13.8 Å².